The van der Waals surface area contributed by atoms with Crippen molar-refractivity contribution in [3.8, 4) is 0 Å². The first-order chi connectivity index (χ1) is 7.75. The molecule has 2 heterocycles. The van der Waals surface area contributed by atoms with E-state index in [2.05, 4.69) is 43.2 Å². The lowest BCUT2D eigenvalue weighted by Crippen LogP contribution is -2.40. The van der Waals surface area contributed by atoms with E-state index in [1.807, 2.05) is 0 Å². The lowest BCUT2D eigenvalue weighted by Gasteiger charge is -2.32. The van der Waals surface area contributed by atoms with E-state index in [9.17, 15) is 0 Å². The summed E-state index contributed by atoms with van der Waals surface area (Å²) >= 11 is 3.32. The molecule has 0 spiro atoms. The van der Waals surface area contributed by atoms with Crippen molar-refractivity contribution in [2.75, 3.05) is 25.5 Å². The van der Waals surface area contributed by atoms with Crippen LogP contribution in [0.15, 0.2) is 16.9 Å². The van der Waals surface area contributed by atoms with Crippen LogP contribution in [0, 0.1) is 0 Å². The molecule has 1 aromatic heterocycles. The highest BCUT2D eigenvalue weighted by molar-refractivity contribution is 9.10. The van der Waals surface area contributed by atoms with Crippen LogP contribution >= 0.6 is 15.9 Å². The van der Waals surface area contributed by atoms with Crippen molar-refractivity contribution in [3.05, 3.63) is 16.9 Å². The van der Waals surface area contributed by atoms with Crippen LogP contribution in [-0.4, -0.2) is 41.0 Å². The van der Waals surface area contributed by atoms with Gasteiger partial charge in [0.15, 0.2) is 0 Å². The van der Waals surface area contributed by atoms with Gasteiger partial charge >= 0.3 is 0 Å². The fraction of sp³-hybridized carbons (Fsp3) is 0.636. The first-order valence-corrected chi connectivity index (χ1v) is 6.46. The van der Waals surface area contributed by atoms with Crippen molar-refractivity contribution < 1.29 is 0 Å². The minimum absolute atomic E-state index is 0.612. The highest BCUT2D eigenvalue weighted by atomic mass is 79.9. The molecular formula is C11H17BrN4. The first kappa shape index (κ1) is 11.8. The number of hydrogen-bond donors (Lipinski definition) is 1. The molecule has 4 nitrogen and oxygen atoms in total. The van der Waals surface area contributed by atoms with Crippen molar-refractivity contribution >= 4 is 21.9 Å². The molecule has 0 bridgehead atoms. The summed E-state index contributed by atoms with van der Waals surface area (Å²) in [6.07, 6.45) is 7.44. The second-order valence-corrected chi connectivity index (χ2v) is 5.15. The molecule has 1 unspecified atom stereocenters. The van der Waals surface area contributed by atoms with Gasteiger partial charge in [0.1, 0.15) is 0 Å². The number of halogens is 1. The van der Waals surface area contributed by atoms with Crippen LogP contribution in [0.1, 0.15) is 19.3 Å². The Balaban J connectivity index is 1.84. The fourth-order valence-corrected chi connectivity index (χ4v) is 2.22. The molecule has 1 fully saturated rings. The maximum absolute atomic E-state index is 4.20. The van der Waals surface area contributed by atoms with Crippen molar-refractivity contribution in [3.63, 3.8) is 0 Å². The highest BCUT2D eigenvalue weighted by Crippen LogP contribution is 2.15. The molecule has 1 saturated heterocycles. The molecule has 1 atom stereocenters. The lowest BCUT2D eigenvalue weighted by atomic mass is 10.0. The van der Waals surface area contributed by atoms with Gasteiger partial charge in [-0.15, -0.1) is 0 Å². The predicted octanol–water partition coefficient (Wildman–Crippen LogP) is 2.14. The van der Waals surface area contributed by atoms with Gasteiger partial charge in [0, 0.05) is 25.0 Å². The van der Waals surface area contributed by atoms with E-state index >= 15 is 0 Å². The Morgan fingerprint density at radius 2 is 2.19 bits per heavy atom. The van der Waals surface area contributed by atoms with E-state index in [1.54, 1.807) is 12.4 Å². The van der Waals surface area contributed by atoms with E-state index in [0.29, 0.717) is 12.0 Å². The quantitative estimate of drug-likeness (QED) is 0.923. The van der Waals surface area contributed by atoms with E-state index in [-0.39, 0.29) is 0 Å². The summed E-state index contributed by atoms with van der Waals surface area (Å²) in [6, 6.07) is 0.612. The Bertz CT molecular complexity index is 327. The van der Waals surface area contributed by atoms with E-state index < -0.39 is 0 Å². The number of piperidine rings is 1. The summed E-state index contributed by atoms with van der Waals surface area (Å²) in [5, 5.41) is 3.29. The van der Waals surface area contributed by atoms with Gasteiger partial charge in [-0.2, -0.15) is 0 Å². The number of rotatable bonds is 3. The summed E-state index contributed by atoms with van der Waals surface area (Å²) in [7, 11) is 2.19. The summed E-state index contributed by atoms with van der Waals surface area (Å²) in [4.78, 5) is 10.8. The zero-order chi connectivity index (χ0) is 11.4. The van der Waals surface area contributed by atoms with Crippen molar-refractivity contribution in [1.29, 1.82) is 0 Å². The third kappa shape index (κ3) is 3.15. The van der Waals surface area contributed by atoms with Crippen LogP contribution < -0.4 is 5.32 Å². The van der Waals surface area contributed by atoms with E-state index in [0.717, 1.165) is 11.0 Å². The van der Waals surface area contributed by atoms with Crippen LogP contribution in [0.5, 0.6) is 0 Å². The van der Waals surface area contributed by atoms with Gasteiger partial charge in [-0.1, -0.05) is 6.42 Å². The van der Waals surface area contributed by atoms with Gasteiger partial charge in [-0.3, -0.25) is 0 Å². The summed E-state index contributed by atoms with van der Waals surface area (Å²) in [5.74, 6) is 0.710. The Hall–Kier alpha value is -0.680. The maximum atomic E-state index is 4.20. The molecule has 0 radical (unpaired) electrons. The second-order valence-electron chi connectivity index (χ2n) is 4.24. The largest absolute Gasteiger partial charge is 0.353 e. The lowest BCUT2D eigenvalue weighted by molar-refractivity contribution is 0.194. The predicted molar refractivity (Wildman–Crippen MR) is 68.5 cm³/mol. The molecule has 16 heavy (non-hydrogen) atoms. The average Bonchev–Trinajstić information content (AvgIpc) is 2.30. The summed E-state index contributed by atoms with van der Waals surface area (Å²) in [5.41, 5.74) is 0. The van der Waals surface area contributed by atoms with Crippen molar-refractivity contribution in [2.45, 2.75) is 25.3 Å². The van der Waals surface area contributed by atoms with Gasteiger partial charge in [0.2, 0.25) is 5.95 Å². The Morgan fingerprint density at radius 1 is 1.44 bits per heavy atom. The Morgan fingerprint density at radius 3 is 2.88 bits per heavy atom. The highest BCUT2D eigenvalue weighted by Gasteiger charge is 2.18. The first-order valence-electron chi connectivity index (χ1n) is 5.67. The molecule has 5 heteroatoms. The normalized spacial score (nSPS) is 22.0. The molecule has 0 aliphatic carbocycles. The van der Waals surface area contributed by atoms with Gasteiger partial charge in [0.25, 0.3) is 0 Å². The van der Waals surface area contributed by atoms with Crippen LogP contribution in [0.3, 0.4) is 0 Å². The third-order valence-electron chi connectivity index (χ3n) is 3.04. The molecule has 88 valence electrons. The van der Waals surface area contributed by atoms with E-state index in [4.69, 9.17) is 0 Å². The third-order valence-corrected chi connectivity index (χ3v) is 3.45. The number of hydrogen-bond acceptors (Lipinski definition) is 4. The fourth-order valence-electron chi connectivity index (χ4n) is 2.01. The van der Waals surface area contributed by atoms with Crippen LogP contribution in [0.25, 0.3) is 0 Å². The van der Waals surface area contributed by atoms with E-state index in [1.165, 1.54) is 25.8 Å². The minimum Gasteiger partial charge on any atom is -0.353 e. The topological polar surface area (TPSA) is 41.0 Å². The Labute approximate surface area is 105 Å². The molecule has 2 rings (SSSR count). The maximum Gasteiger partial charge on any atom is 0.222 e. The summed E-state index contributed by atoms with van der Waals surface area (Å²) < 4.78 is 0.910. The molecule has 1 aliphatic heterocycles. The van der Waals surface area contributed by atoms with Gasteiger partial charge in [-0.25, -0.2) is 9.97 Å². The summed E-state index contributed by atoms with van der Waals surface area (Å²) in [6.45, 7) is 2.13. The van der Waals surface area contributed by atoms with Gasteiger partial charge in [-0.05, 0) is 42.4 Å². The SMILES string of the molecule is CN1CCCCC1CNc1ncc(Br)cn1. The minimum atomic E-state index is 0.612. The molecule has 0 aromatic carbocycles. The number of aromatic nitrogens is 2. The van der Waals surface area contributed by atoms with Crippen LogP contribution in [0.4, 0.5) is 5.95 Å². The standard InChI is InChI=1S/C11H17BrN4/c1-16-5-3-2-4-10(16)8-15-11-13-6-9(12)7-14-11/h6-7,10H,2-5,8H2,1H3,(H,13,14,15). The monoisotopic (exact) mass is 284 g/mol. The van der Waals surface area contributed by atoms with Gasteiger partial charge in [0.05, 0.1) is 4.47 Å². The van der Waals surface area contributed by atoms with Crippen molar-refractivity contribution in [2.24, 2.45) is 0 Å². The molecule has 0 saturated carbocycles. The Kier molecular flexibility index (Phi) is 4.12. The second kappa shape index (κ2) is 5.59. The molecular weight excluding hydrogens is 268 g/mol. The smallest absolute Gasteiger partial charge is 0.222 e. The number of likely N-dealkylation sites (tertiary alicyclic amines) is 1. The van der Waals surface area contributed by atoms with Crippen LogP contribution in [0.2, 0.25) is 0 Å². The molecule has 1 N–H and O–H groups in total. The number of anilines is 1. The zero-order valence-electron chi connectivity index (χ0n) is 9.49. The van der Waals surface area contributed by atoms with Crippen LogP contribution in [-0.2, 0) is 0 Å². The average molecular weight is 285 g/mol. The number of nitrogens with one attached hydrogen (secondary N) is 1. The zero-order valence-corrected chi connectivity index (χ0v) is 11.1. The number of nitrogens with zero attached hydrogens (tertiary/aromatic N) is 3. The molecule has 1 aromatic rings. The van der Waals surface area contributed by atoms with Gasteiger partial charge < -0.3 is 10.2 Å². The van der Waals surface area contributed by atoms with Crippen molar-refractivity contribution in [1.82, 2.24) is 14.9 Å². The number of likely N-dealkylation sites (N-methyl/N-ethyl adjacent to an activating group) is 1. The molecule has 0 amide bonds. The molecule has 1 aliphatic rings.